The molecule has 0 saturated heterocycles. The van der Waals surface area contributed by atoms with Crippen LogP contribution in [0.5, 0.6) is 5.75 Å². The largest absolute Gasteiger partial charge is 0.494 e. The Balaban J connectivity index is 2.34. The van der Waals surface area contributed by atoms with Crippen molar-refractivity contribution in [3.63, 3.8) is 0 Å². The van der Waals surface area contributed by atoms with E-state index in [0.717, 1.165) is 18.4 Å². The number of benzene rings is 1. The Bertz CT molecular complexity index is 784. The molecule has 0 fully saturated rings. The highest BCUT2D eigenvalue weighted by atomic mass is 32.2. The second-order valence-electron chi connectivity index (χ2n) is 4.03. The summed E-state index contributed by atoms with van der Waals surface area (Å²) < 4.78 is 35.9. The first kappa shape index (κ1) is 15.3. The van der Waals surface area contributed by atoms with E-state index in [9.17, 15) is 13.2 Å². The molecule has 2 aromatic rings. The van der Waals surface area contributed by atoms with Crippen molar-refractivity contribution in [2.24, 2.45) is 0 Å². The number of nitrogens with one attached hydrogen (secondary N) is 1. The zero-order valence-electron chi connectivity index (χ0n) is 11.2. The van der Waals surface area contributed by atoms with E-state index in [1.165, 1.54) is 7.11 Å². The van der Waals surface area contributed by atoms with Gasteiger partial charge in [0, 0.05) is 11.8 Å². The van der Waals surface area contributed by atoms with Crippen molar-refractivity contribution in [1.29, 1.82) is 0 Å². The quantitative estimate of drug-likeness (QED) is 0.614. The van der Waals surface area contributed by atoms with Gasteiger partial charge in [0.05, 0.1) is 18.9 Å². The summed E-state index contributed by atoms with van der Waals surface area (Å²) in [6.45, 7) is 0. The van der Waals surface area contributed by atoms with Crippen LogP contribution in [0.15, 0.2) is 12.1 Å². The number of aromatic nitrogens is 1. The number of nitrogens with two attached hydrogens (primary N) is 1. The molecule has 1 heterocycles. The highest BCUT2D eigenvalue weighted by molar-refractivity contribution is 7.93. The lowest BCUT2D eigenvalue weighted by molar-refractivity contribution is -0.137. The standard InChI is InChI=1S/C11H13N3O5S2/c1-18-7-3-6(12)4-8-10(7)13-11(20-8)14-21(16,17)5-9(15)19-2/h3-4H,5,12H2,1-2H3,(H,13,14). The second kappa shape index (κ2) is 5.74. The second-order valence-corrected chi connectivity index (χ2v) is 6.78. The number of hydrogen-bond donors (Lipinski definition) is 2. The van der Waals surface area contributed by atoms with Crippen molar-refractivity contribution in [3.8, 4) is 5.75 Å². The van der Waals surface area contributed by atoms with E-state index in [-0.39, 0.29) is 5.13 Å². The molecule has 114 valence electrons. The number of hydrogen-bond acceptors (Lipinski definition) is 8. The summed E-state index contributed by atoms with van der Waals surface area (Å²) in [6.07, 6.45) is 0. The van der Waals surface area contributed by atoms with E-state index < -0.39 is 21.7 Å². The normalized spacial score (nSPS) is 11.3. The first-order valence-electron chi connectivity index (χ1n) is 5.66. The predicted octanol–water partition coefficient (Wildman–Crippen LogP) is 0.802. The van der Waals surface area contributed by atoms with E-state index >= 15 is 0 Å². The maximum atomic E-state index is 11.8. The molecule has 21 heavy (non-hydrogen) atoms. The number of thiazole rings is 1. The molecule has 0 amide bonds. The van der Waals surface area contributed by atoms with E-state index in [0.29, 0.717) is 21.7 Å². The van der Waals surface area contributed by atoms with Gasteiger partial charge in [-0.15, -0.1) is 0 Å². The molecule has 0 bridgehead atoms. The van der Waals surface area contributed by atoms with Gasteiger partial charge in [-0.05, 0) is 6.07 Å². The van der Waals surface area contributed by atoms with Crippen LogP contribution in [0, 0.1) is 0 Å². The topological polar surface area (TPSA) is 121 Å². The van der Waals surface area contributed by atoms with Gasteiger partial charge >= 0.3 is 5.97 Å². The third-order valence-corrected chi connectivity index (χ3v) is 4.65. The third kappa shape index (κ3) is 3.52. The maximum Gasteiger partial charge on any atom is 0.322 e. The summed E-state index contributed by atoms with van der Waals surface area (Å²) in [6, 6.07) is 3.25. The third-order valence-electron chi connectivity index (χ3n) is 2.48. The lowest BCUT2D eigenvalue weighted by Crippen LogP contribution is -2.23. The Hall–Kier alpha value is -2.07. The van der Waals surface area contributed by atoms with Crippen molar-refractivity contribution in [1.82, 2.24) is 4.98 Å². The van der Waals surface area contributed by atoms with Crippen LogP contribution in [0.1, 0.15) is 0 Å². The highest BCUT2D eigenvalue weighted by Crippen LogP contribution is 2.34. The number of rotatable bonds is 5. The minimum atomic E-state index is -3.87. The minimum absolute atomic E-state index is 0.123. The van der Waals surface area contributed by atoms with E-state index in [2.05, 4.69) is 14.4 Å². The van der Waals surface area contributed by atoms with Crippen molar-refractivity contribution >= 4 is 48.4 Å². The average molecular weight is 331 g/mol. The van der Waals surface area contributed by atoms with Crippen LogP contribution in [0.3, 0.4) is 0 Å². The number of anilines is 2. The molecule has 10 heteroatoms. The number of ether oxygens (including phenoxy) is 2. The average Bonchev–Trinajstić information content (AvgIpc) is 2.77. The summed E-state index contributed by atoms with van der Waals surface area (Å²) in [7, 11) is -1.29. The predicted molar refractivity (Wildman–Crippen MR) is 80.0 cm³/mol. The molecule has 0 saturated carbocycles. The highest BCUT2D eigenvalue weighted by Gasteiger charge is 2.19. The number of sulfonamides is 1. The van der Waals surface area contributed by atoms with Gasteiger partial charge < -0.3 is 15.2 Å². The van der Waals surface area contributed by atoms with Crippen molar-refractivity contribution in [2.75, 3.05) is 30.4 Å². The lowest BCUT2D eigenvalue weighted by atomic mass is 10.3. The molecule has 1 aromatic carbocycles. The Labute approximate surface area is 124 Å². The first-order chi connectivity index (χ1) is 9.84. The number of nitrogen functional groups attached to an aromatic ring is 1. The van der Waals surface area contributed by atoms with Crippen LogP contribution >= 0.6 is 11.3 Å². The number of nitrogens with zero attached hydrogens (tertiary/aromatic N) is 1. The Morgan fingerprint density at radius 1 is 1.43 bits per heavy atom. The molecule has 0 aliphatic heterocycles. The van der Waals surface area contributed by atoms with Gasteiger partial charge in [-0.1, -0.05) is 11.3 Å². The summed E-state index contributed by atoms with van der Waals surface area (Å²) in [5.74, 6) is -1.19. The van der Waals surface area contributed by atoms with Gasteiger partial charge in [0.2, 0.25) is 10.0 Å². The first-order valence-corrected chi connectivity index (χ1v) is 8.13. The zero-order chi connectivity index (χ0) is 15.6. The summed E-state index contributed by atoms with van der Waals surface area (Å²) >= 11 is 1.09. The fourth-order valence-corrected chi connectivity index (χ4v) is 3.74. The van der Waals surface area contributed by atoms with Gasteiger partial charge in [-0.2, -0.15) is 0 Å². The van der Waals surface area contributed by atoms with E-state index in [4.69, 9.17) is 10.5 Å². The van der Waals surface area contributed by atoms with Crippen LogP contribution in [-0.2, 0) is 19.6 Å². The molecular formula is C11H13N3O5S2. The van der Waals surface area contributed by atoms with Crippen LogP contribution < -0.4 is 15.2 Å². The van der Waals surface area contributed by atoms with Crippen molar-refractivity contribution in [2.45, 2.75) is 0 Å². The van der Waals surface area contributed by atoms with Crippen LogP contribution in [0.25, 0.3) is 10.2 Å². The molecule has 3 N–H and O–H groups in total. The summed E-state index contributed by atoms with van der Waals surface area (Å²) in [5, 5.41) is 0.123. The number of carbonyl (C=O) groups is 1. The minimum Gasteiger partial charge on any atom is -0.494 e. The molecule has 1 aromatic heterocycles. The van der Waals surface area contributed by atoms with E-state index in [1.807, 2.05) is 0 Å². The van der Waals surface area contributed by atoms with Gasteiger partial charge in [0.1, 0.15) is 11.3 Å². The smallest absolute Gasteiger partial charge is 0.322 e. The van der Waals surface area contributed by atoms with Crippen molar-refractivity contribution in [3.05, 3.63) is 12.1 Å². The Morgan fingerprint density at radius 2 is 2.14 bits per heavy atom. The van der Waals surface area contributed by atoms with Crippen molar-refractivity contribution < 1.29 is 22.7 Å². The number of methoxy groups -OCH3 is 2. The monoisotopic (exact) mass is 331 g/mol. The van der Waals surface area contributed by atoms with Crippen LogP contribution in [0.4, 0.5) is 10.8 Å². The van der Waals surface area contributed by atoms with Gasteiger partial charge in [-0.3, -0.25) is 9.52 Å². The van der Waals surface area contributed by atoms with Gasteiger partial charge in [-0.25, -0.2) is 13.4 Å². The molecule has 8 nitrogen and oxygen atoms in total. The molecular weight excluding hydrogens is 318 g/mol. The molecule has 0 aliphatic rings. The fourth-order valence-electron chi connectivity index (χ4n) is 1.60. The maximum absolute atomic E-state index is 11.8. The SMILES string of the molecule is COC(=O)CS(=O)(=O)Nc1nc2c(OC)cc(N)cc2s1. The molecule has 0 aliphatic carbocycles. The molecule has 0 unspecified atom stereocenters. The number of esters is 1. The van der Waals surface area contributed by atoms with Gasteiger partial charge in [0.15, 0.2) is 10.9 Å². The molecule has 0 radical (unpaired) electrons. The molecule has 2 rings (SSSR count). The van der Waals surface area contributed by atoms with Crippen LogP contribution in [0.2, 0.25) is 0 Å². The summed E-state index contributed by atoms with van der Waals surface area (Å²) in [4.78, 5) is 15.2. The van der Waals surface area contributed by atoms with E-state index in [1.54, 1.807) is 12.1 Å². The Kier molecular flexibility index (Phi) is 4.19. The molecule has 0 spiro atoms. The number of fused-ring (bicyclic) bond motifs is 1. The molecule has 0 atom stereocenters. The van der Waals surface area contributed by atoms with Crippen LogP contribution in [-0.4, -0.2) is 39.3 Å². The van der Waals surface area contributed by atoms with Gasteiger partial charge in [0.25, 0.3) is 0 Å². The number of carbonyl (C=O) groups excluding carboxylic acids is 1. The summed E-state index contributed by atoms with van der Waals surface area (Å²) in [5.41, 5.74) is 6.69. The lowest BCUT2D eigenvalue weighted by Gasteiger charge is -2.03. The fraction of sp³-hybridized carbons (Fsp3) is 0.273. The Morgan fingerprint density at radius 3 is 2.76 bits per heavy atom. The zero-order valence-corrected chi connectivity index (χ0v) is 12.9.